The molecule has 0 atom stereocenters. The van der Waals surface area contributed by atoms with Crippen LogP contribution in [0.4, 0.5) is 18.9 Å². The van der Waals surface area contributed by atoms with Crippen LogP contribution in [0.2, 0.25) is 5.02 Å². The molecule has 0 bridgehead atoms. The topological polar surface area (TPSA) is 84.3 Å². The molecule has 1 aromatic heterocycles. The van der Waals surface area contributed by atoms with E-state index in [0.717, 1.165) is 29.6 Å². The van der Waals surface area contributed by atoms with Gasteiger partial charge in [0.15, 0.2) is 0 Å². The molecular formula is C20H18ClF3N4O3S. The average Bonchev–Trinajstić information content (AvgIpc) is 3.25. The lowest BCUT2D eigenvalue weighted by atomic mass is 10.2. The van der Waals surface area contributed by atoms with Crippen LogP contribution in [0.15, 0.2) is 61.2 Å². The van der Waals surface area contributed by atoms with Crippen molar-refractivity contribution in [2.45, 2.75) is 12.7 Å². The number of benzene rings is 2. The van der Waals surface area contributed by atoms with Crippen LogP contribution in [0.1, 0.15) is 11.1 Å². The van der Waals surface area contributed by atoms with E-state index in [1.54, 1.807) is 35.4 Å². The maximum Gasteiger partial charge on any atom is 0.417 e. The van der Waals surface area contributed by atoms with Gasteiger partial charge in [0.2, 0.25) is 15.9 Å². The van der Waals surface area contributed by atoms with Crippen LogP contribution in [0, 0.1) is 0 Å². The highest BCUT2D eigenvalue weighted by Crippen LogP contribution is 2.37. The Labute approximate surface area is 187 Å². The Morgan fingerprint density at radius 2 is 1.88 bits per heavy atom. The van der Waals surface area contributed by atoms with Crippen molar-refractivity contribution in [3.8, 4) is 5.69 Å². The number of amides is 1. The summed E-state index contributed by atoms with van der Waals surface area (Å²) in [6.45, 7) is -0.583. The lowest BCUT2D eigenvalue weighted by Gasteiger charge is -2.23. The number of nitrogens with one attached hydrogen (secondary N) is 1. The Bertz CT molecular complexity index is 1200. The summed E-state index contributed by atoms with van der Waals surface area (Å²) in [4.78, 5) is 16.3. The van der Waals surface area contributed by atoms with Crippen LogP contribution < -0.4 is 9.62 Å². The molecule has 0 fully saturated rings. The minimum Gasteiger partial charge on any atom is -0.350 e. The molecule has 0 aliphatic carbocycles. The second-order valence-corrected chi connectivity index (χ2v) is 9.16. The maximum absolute atomic E-state index is 13.1. The SMILES string of the molecule is CS(=O)(=O)N(CC(=O)NCc1ccc(-n2ccnc2)cc1)c1ccc(Cl)c(C(F)(F)F)c1. The van der Waals surface area contributed by atoms with Gasteiger partial charge in [0.05, 0.1) is 28.9 Å². The summed E-state index contributed by atoms with van der Waals surface area (Å²) in [5.41, 5.74) is 0.107. The van der Waals surface area contributed by atoms with Crippen molar-refractivity contribution in [2.75, 3.05) is 17.1 Å². The number of hydrogen-bond acceptors (Lipinski definition) is 4. The van der Waals surface area contributed by atoms with Crippen LogP contribution in [0.25, 0.3) is 5.69 Å². The van der Waals surface area contributed by atoms with E-state index in [-0.39, 0.29) is 12.2 Å². The zero-order valence-electron chi connectivity index (χ0n) is 16.7. The summed E-state index contributed by atoms with van der Waals surface area (Å²) in [7, 11) is -4.05. The van der Waals surface area contributed by atoms with Gasteiger partial charge in [-0.2, -0.15) is 13.2 Å². The third kappa shape index (κ3) is 5.80. The first kappa shape index (κ1) is 23.6. The van der Waals surface area contributed by atoms with Crippen molar-refractivity contribution in [1.82, 2.24) is 14.9 Å². The van der Waals surface area contributed by atoms with Gasteiger partial charge < -0.3 is 9.88 Å². The Hall–Kier alpha value is -3.05. The molecule has 3 aromatic rings. The van der Waals surface area contributed by atoms with Crippen molar-refractivity contribution in [1.29, 1.82) is 0 Å². The van der Waals surface area contributed by atoms with Crippen molar-refractivity contribution >= 4 is 33.2 Å². The number of imidazole rings is 1. The van der Waals surface area contributed by atoms with Crippen LogP contribution in [-0.4, -0.2) is 36.7 Å². The van der Waals surface area contributed by atoms with E-state index >= 15 is 0 Å². The van der Waals surface area contributed by atoms with Crippen molar-refractivity contribution < 1.29 is 26.4 Å². The number of sulfonamides is 1. The summed E-state index contributed by atoms with van der Waals surface area (Å²) in [6.07, 6.45) is 1.08. The zero-order chi connectivity index (χ0) is 23.5. The van der Waals surface area contributed by atoms with Gasteiger partial charge in [-0.1, -0.05) is 23.7 Å². The molecule has 3 rings (SSSR count). The summed E-state index contributed by atoms with van der Waals surface area (Å²) in [5, 5.41) is 2.00. The fourth-order valence-electron chi connectivity index (χ4n) is 2.87. The minimum atomic E-state index is -4.78. The smallest absolute Gasteiger partial charge is 0.350 e. The largest absolute Gasteiger partial charge is 0.417 e. The number of alkyl halides is 3. The highest BCUT2D eigenvalue weighted by atomic mass is 35.5. The molecular weight excluding hydrogens is 469 g/mol. The predicted molar refractivity (Wildman–Crippen MR) is 114 cm³/mol. The predicted octanol–water partition coefficient (Wildman–Crippen LogP) is 3.63. The van der Waals surface area contributed by atoms with Crippen molar-refractivity contribution in [2.24, 2.45) is 0 Å². The highest BCUT2D eigenvalue weighted by Gasteiger charge is 2.34. The molecule has 7 nitrogen and oxygen atoms in total. The third-order valence-electron chi connectivity index (χ3n) is 4.46. The summed E-state index contributed by atoms with van der Waals surface area (Å²) < 4.78 is 66.1. The number of carbonyl (C=O) groups is 1. The van der Waals surface area contributed by atoms with Crippen LogP contribution in [0.3, 0.4) is 0 Å². The first-order valence-corrected chi connectivity index (χ1v) is 11.4. The molecule has 0 saturated carbocycles. The molecule has 1 N–H and O–H groups in total. The number of aromatic nitrogens is 2. The van der Waals surface area contributed by atoms with Crippen LogP contribution >= 0.6 is 11.6 Å². The molecule has 12 heteroatoms. The van der Waals surface area contributed by atoms with E-state index in [2.05, 4.69) is 10.3 Å². The minimum absolute atomic E-state index is 0.106. The summed E-state index contributed by atoms with van der Waals surface area (Å²) in [5.74, 6) is -0.683. The van der Waals surface area contributed by atoms with Gasteiger partial charge in [0.25, 0.3) is 0 Å². The zero-order valence-corrected chi connectivity index (χ0v) is 18.2. The molecule has 0 unspecified atom stereocenters. The van der Waals surface area contributed by atoms with Gasteiger partial charge in [0.1, 0.15) is 6.54 Å². The third-order valence-corrected chi connectivity index (χ3v) is 5.93. The number of anilines is 1. The van der Waals surface area contributed by atoms with E-state index in [4.69, 9.17) is 11.6 Å². The number of halogens is 4. The Balaban J connectivity index is 1.71. The molecule has 0 spiro atoms. The summed E-state index contributed by atoms with van der Waals surface area (Å²) >= 11 is 5.59. The second kappa shape index (κ2) is 9.21. The molecule has 170 valence electrons. The maximum atomic E-state index is 13.1. The van der Waals surface area contributed by atoms with E-state index in [1.165, 1.54) is 0 Å². The normalized spacial score (nSPS) is 11.9. The van der Waals surface area contributed by atoms with Crippen LogP contribution in [-0.2, 0) is 27.5 Å². The van der Waals surface area contributed by atoms with E-state index in [0.29, 0.717) is 10.4 Å². The number of hydrogen-bond donors (Lipinski definition) is 1. The molecule has 32 heavy (non-hydrogen) atoms. The molecule has 0 aliphatic rings. The first-order valence-electron chi connectivity index (χ1n) is 9.13. The monoisotopic (exact) mass is 486 g/mol. The highest BCUT2D eigenvalue weighted by molar-refractivity contribution is 7.92. The van der Waals surface area contributed by atoms with Gasteiger partial charge in [-0.25, -0.2) is 13.4 Å². The lowest BCUT2D eigenvalue weighted by molar-refractivity contribution is -0.137. The quantitative estimate of drug-likeness (QED) is 0.553. The Morgan fingerprint density at radius 1 is 1.19 bits per heavy atom. The van der Waals surface area contributed by atoms with Crippen molar-refractivity contribution in [3.05, 3.63) is 77.3 Å². The van der Waals surface area contributed by atoms with Gasteiger partial charge in [0, 0.05) is 24.6 Å². The molecule has 0 aliphatic heterocycles. The number of carbonyl (C=O) groups excluding carboxylic acids is 1. The molecule has 2 aromatic carbocycles. The fraction of sp³-hybridized carbons (Fsp3) is 0.200. The molecule has 1 heterocycles. The van der Waals surface area contributed by atoms with Crippen molar-refractivity contribution in [3.63, 3.8) is 0 Å². The number of rotatable bonds is 7. The lowest BCUT2D eigenvalue weighted by Crippen LogP contribution is -2.40. The Kier molecular flexibility index (Phi) is 6.79. The summed E-state index contributed by atoms with van der Waals surface area (Å²) in [6, 6.07) is 9.85. The van der Waals surface area contributed by atoms with Gasteiger partial charge >= 0.3 is 6.18 Å². The van der Waals surface area contributed by atoms with E-state index in [1.807, 2.05) is 12.1 Å². The molecule has 0 radical (unpaired) electrons. The average molecular weight is 487 g/mol. The van der Waals surface area contributed by atoms with Crippen LogP contribution in [0.5, 0.6) is 0 Å². The Morgan fingerprint density at radius 3 is 2.44 bits per heavy atom. The second-order valence-electron chi connectivity index (χ2n) is 6.84. The van der Waals surface area contributed by atoms with Gasteiger partial charge in [-0.05, 0) is 35.9 Å². The first-order chi connectivity index (χ1) is 14.9. The van der Waals surface area contributed by atoms with E-state index < -0.39 is 39.2 Å². The standard InChI is InChI=1S/C20H18ClF3N4O3S/c1-32(30,31)28(16-6-7-18(21)17(10-16)20(22,23)24)12-19(29)26-11-14-2-4-15(5-3-14)27-9-8-25-13-27/h2-10,13H,11-12H2,1H3,(H,26,29). The van der Waals surface area contributed by atoms with Gasteiger partial charge in [-0.3, -0.25) is 9.10 Å². The van der Waals surface area contributed by atoms with E-state index in [9.17, 15) is 26.4 Å². The molecule has 0 saturated heterocycles. The van der Waals surface area contributed by atoms with Gasteiger partial charge in [-0.15, -0.1) is 0 Å². The number of nitrogens with zero attached hydrogens (tertiary/aromatic N) is 3. The molecule has 1 amide bonds. The fourth-order valence-corrected chi connectivity index (χ4v) is 3.94.